The molecule has 0 spiro atoms. The molecule has 0 heterocycles. The lowest BCUT2D eigenvalue weighted by atomic mass is 10.1. The van der Waals surface area contributed by atoms with Crippen molar-refractivity contribution in [2.75, 3.05) is 18.5 Å². The molecule has 0 radical (unpaired) electrons. The second-order valence-electron chi connectivity index (χ2n) is 5.50. The first-order valence-electron chi connectivity index (χ1n) is 6.63. The van der Waals surface area contributed by atoms with Crippen molar-refractivity contribution >= 4 is 5.69 Å². The highest BCUT2D eigenvalue weighted by molar-refractivity contribution is 5.53. The van der Waals surface area contributed by atoms with E-state index in [4.69, 9.17) is 0 Å². The number of rotatable bonds is 6. The maximum atomic E-state index is 13.4. The minimum Gasteiger partial charge on any atom is -0.372 e. The maximum Gasteiger partial charge on any atom is 0.123 e. The fourth-order valence-electron chi connectivity index (χ4n) is 1.81. The third-order valence-electron chi connectivity index (χ3n) is 3.06. The Kier molecular flexibility index (Phi) is 5.60. The van der Waals surface area contributed by atoms with Crippen LogP contribution in [0.5, 0.6) is 0 Å². The Morgan fingerprint density at radius 3 is 2.44 bits per heavy atom. The lowest BCUT2D eigenvalue weighted by Crippen LogP contribution is -2.28. The zero-order valence-corrected chi connectivity index (χ0v) is 12.1. The van der Waals surface area contributed by atoms with Gasteiger partial charge in [-0.3, -0.25) is 0 Å². The molecular formula is C15H25FN2. The highest BCUT2D eigenvalue weighted by Gasteiger charge is 2.11. The van der Waals surface area contributed by atoms with Crippen molar-refractivity contribution in [3.8, 4) is 0 Å². The molecule has 0 aromatic heterocycles. The minimum absolute atomic E-state index is 0.169. The van der Waals surface area contributed by atoms with Gasteiger partial charge in [-0.15, -0.1) is 0 Å². The molecule has 0 aliphatic heterocycles. The Bertz CT molecular complexity index is 375. The highest BCUT2D eigenvalue weighted by atomic mass is 19.1. The Labute approximate surface area is 110 Å². The van der Waals surface area contributed by atoms with Crippen molar-refractivity contribution < 1.29 is 4.39 Å². The second kappa shape index (κ2) is 6.74. The van der Waals surface area contributed by atoms with Gasteiger partial charge in [0, 0.05) is 25.3 Å². The number of nitrogens with one attached hydrogen (secondary N) is 1. The lowest BCUT2D eigenvalue weighted by molar-refractivity contribution is 0.549. The molecule has 0 aliphatic carbocycles. The summed E-state index contributed by atoms with van der Waals surface area (Å²) in [7, 11) is 2.05. The fourth-order valence-corrected chi connectivity index (χ4v) is 1.81. The molecule has 0 bridgehead atoms. The molecule has 0 unspecified atom stereocenters. The molecule has 102 valence electrons. The molecule has 0 aliphatic rings. The lowest BCUT2D eigenvalue weighted by Gasteiger charge is -2.26. The fraction of sp³-hybridized carbons (Fsp3) is 0.600. The molecule has 0 saturated carbocycles. The van der Waals surface area contributed by atoms with Gasteiger partial charge in [0.15, 0.2) is 0 Å². The summed E-state index contributed by atoms with van der Waals surface area (Å²) in [5.41, 5.74) is 2.12. The smallest absolute Gasteiger partial charge is 0.123 e. The van der Waals surface area contributed by atoms with E-state index in [1.165, 1.54) is 6.07 Å². The van der Waals surface area contributed by atoms with Crippen molar-refractivity contribution in [2.24, 2.45) is 5.92 Å². The molecular weight excluding hydrogens is 227 g/mol. The van der Waals surface area contributed by atoms with Crippen LogP contribution < -0.4 is 10.2 Å². The van der Waals surface area contributed by atoms with Gasteiger partial charge in [0.25, 0.3) is 0 Å². The van der Waals surface area contributed by atoms with E-state index in [2.05, 4.69) is 37.9 Å². The molecule has 3 heteroatoms. The van der Waals surface area contributed by atoms with E-state index >= 15 is 0 Å². The number of hydrogen-bond donors (Lipinski definition) is 1. The molecule has 1 N–H and O–H groups in total. The number of nitrogens with zero attached hydrogens (tertiary/aromatic N) is 1. The number of hydrogen-bond acceptors (Lipinski definition) is 2. The molecule has 1 aromatic rings. The highest BCUT2D eigenvalue weighted by Crippen LogP contribution is 2.22. The second-order valence-corrected chi connectivity index (χ2v) is 5.50. The van der Waals surface area contributed by atoms with Crippen LogP contribution in [0.15, 0.2) is 18.2 Å². The van der Waals surface area contributed by atoms with Crippen LogP contribution in [0.3, 0.4) is 0 Å². The zero-order valence-electron chi connectivity index (χ0n) is 12.1. The number of halogens is 1. The molecule has 1 rings (SSSR count). The van der Waals surface area contributed by atoms with Gasteiger partial charge in [-0.1, -0.05) is 13.8 Å². The summed E-state index contributed by atoms with van der Waals surface area (Å²) in [5.74, 6) is 0.432. The Hall–Kier alpha value is -1.09. The molecule has 0 saturated heterocycles. The summed E-state index contributed by atoms with van der Waals surface area (Å²) < 4.78 is 13.4. The first-order chi connectivity index (χ1) is 8.41. The van der Waals surface area contributed by atoms with E-state index in [0.29, 0.717) is 18.5 Å². The van der Waals surface area contributed by atoms with Gasteiger partial charge in [-0.2, -0.15) is 0 Å². The Balaban J connectivity index is 2.83. The van der Waals surface area contributed by atoms with E-state index in [-0.39, 0.29) is 5.82 Å². The third-order valence-corrected chi connectivity index (χ3v) is 3.06. The van der Waals surface area contributed by atoms with Gasteiger partial charge in [0.1, 0.15) is 5.82 Å². The summed E-state index contributed by atoms with van der Waals surface area (Å²) in [4.78, 5) is 2.17. The Morgan fingerprint density at radius 1 is 1.22 bits per heavy atom. The number of benzene rings is 1. The van der Waals surface area contributed by atoms with Crippen molar-refractivity contribution in [3.05, 3.63) is 29.6 Å². The molecule has 2 nitrogen and oxygen atoms in total. The van der Waals surface area contributed by atoms with Crippen LogP contribution in [0.2, 0.25) is 0 Å². The summed E-state index contributed by atoms with van der Waals surface area (Å²) in [6.45, 7) is 10.3. The molecule has 0 fully saturated rings. The molecule has 0 atom stereocenters. The average molecular weight is 252 g/mol. The predicted octanol–water partition coefficient (Wildman–Crippen LogP) is 3.42. The van der Waals surface area contributed by atoms with Gasteiger partial charge >= 0.3 is 0 Å². The minimum atomic E-state index is -0.169. The molecule has 18 heavy (non-hydrogen) atoms. The predicted molar refractivity (Wildman–Crippen MR) is 76.5 cm³/mol. The van der Waals surface area contributed by atoms with Gasteiger partial charge in [0.2, 0.25) is 0 Å². The topological polar surface area (TPSA) is 15.3 Å². The Morgan fingerprint density at radius 2 is 1.89 bits per heavy atom. The van der Waals surface area contributed by atoms with E-state index in [9.17, 15) is 4.39 Å². The number of anilines is 1. The van der Waals surface area contributed by atoms with Crippen molar-refractivity contribution in [2.45, 2.75) is 40.3 Å². The zero-order chi connectivity index (χ0) is 13.7. The van der Waals surface area contributed by atoms with Crippen LogP contribution in [-0.4, -0.2) is 19.6 Å². The van der Waals surface area contributed by atoms with Crippen LogP contribution in [-0.2, 0) is 6.54 Å². The van der Waals surface area contributed by atoms with Crippen LogP contribution in [0.25, 0.3) is 0 Å². The third kappa shape index (κ3) is 4.30. The van der Waals surface area contributed by atoms with Crippen molar-refractivity contribution in [3.63, 3.8) is 0 Å². The average Bonchev–Trinajstić information content (AvgIpc) is 2.27. The first kappa shape index (κ1) is 15.0. The van der Waals surface area contributed by atoms with Crippen LogP contribution in [0.4, 0.5) is 10.1 Å². The standard InChI is InChI=1S/C15H25FN2/c1-11(2)9-17-10-13-8-14(16)6-7-15(13)18(5)12(3)4/h6-8,11-12,17H,9-10H2,1-5H3. The largest absolute Gasteiger partial charge is 0.372 e. The van der Waals surface area contributed by atoms with Gasteiger partial charge in [0.05, 0.1) is 0 Å². The van der Waals surface area contributed by atoms with Crippen molar-refractivity contribution in [1.29, 1.82) is 0 Å². The normalized spacial score (nSPS) is 11.3. The first-order valence-corrected chi connectivity index (χ1v) is 6.63. The van der Waals surface area contributed by atoms with Gasteiger partial charge in [-0.25, -0.2) is 4.39 Å². The van der Waals surface area contributed by atoms with E-state index in [0.717, 1.165) is 17.8 Å². The van der Waals surface area contributed by atoms with Crippen LogP contribution in [0, 0.1) is 11.7 Å². The summed E-state index contributed by atoms with van der Waals surface area (Å²) >= 11 is 0. The van der Waals surface area contributed by atoms with Gasteiger partial charge < -0.3 is 10.2 Å². The van der Waals surface area contributed by atoms with Gasteiger partial charge in [-0.05, 0) is 50.1 Å². The van der Waals surface area contributed by atoms with E-state index in [1.807, 2.05) is 13.1 Å². The van der Waals surface area contributed by atoms with Crippen molar-refractivity contribution in [1.82, 2.24) is 5.32 Å². The monoisotopic (exact) mass is 252 g/mol. The van der Waals surface area contributed by atoms with E-state index in [1.54, 1.807) is 6.07 Å². The summed E-state index contributed by atoms with van der Waals surface area (Å²) in [6.07, 6.45) is 0. The maximum absolute atomic E-state index is 13.4. The quantitative estimate of drug-likeness (QED) is 0.834. The molecule has 1 aromatic carbocycles. The summed E-state index contributed by atoms with van der Waals surface area (Å²) in [6, 6.07) is 5.42. The SMILES string of the molecule is CC(C)CNCc1cc(F)ccc1N(C)C(C)C. The summed E-state index contributed by atoms with van der Waals surface area (Å²) in [5, 5.41) is 3.37. The van der Waals surface area contributed by atoms with Crippen LogP contribution >= 0.6 is 0 Å². The van der Waals surface area contributed by atoms with E-state index < -0.39 is 0 Å². The molecule has 0 amide bonds. The van der Waals surface area contributed by atoms with Crippen LogP contribution in [0.1, 0.15) is 33.3 Å².